The summed E-state index contributed by atoms with van der Waals surface area (Å²) in [6.45, 7) is 2.09. The molecule has 0 aliphatic carbocycles. The van der Waals surface area contributed by atoms with Crippen LogP contribution in [0.3, 0.4) is 0 Å². The monoisotopic (exact) mass is 266 g/mol. The second kappa shape index (κ2) is 7.11. The van der Waals surface area contributed by atoms with E-state index in [2.05, 4.69) is 5.32 Å². The van der Waals surface area contributed by atoms with Crippen molar-refractivity contribution in [3.05, 3.63) is 29.8 Å². The molecule has 0 aliphatic rings. The summed E-state index contributed by atoms with van der Waals surface area (Å²) in [4.78, 5) is 13.2. The zero-order chi connectivity index (χ0) is 14.4. The molecule has 0 saturated heterocycles. The van der Waals surface area contributed by atoms with Gasteiger partial charge in [-0.05, 0) is 24.6 Å². The van der Waals surface area contributed by atoms with E-state index in [-0.39, 0.29) is 11.9 Å². The molecular formula is C14H22N2O3. The van der Waals surface area contributed by atoms with Gasteiger partial charge in [-0.2, -0.15) is 0 Å². The van der Waals surface area contributed by atoms with Gasteiger partial charge in [-0.15, -0.1) is 0 Å². The maximum atomic E-state index is 11.7. The molecule has 1 aromatic rings. The Labute approximate surface area is 114 Å². The van der Waals surface area contributed by atoms with Crippen LogP contribution in [0.5, 0.6) is 5.75 Å². The van der Waals surface area contributed by atoms with E-state index in [0.717, 1.165) is 5.56 Å². The third-order valence-electron chi connectivity index (χ3n) is 2.91. The highest BCUT2D eigenvalue weighted by Gasteiger charge is 2.16. The summed E-state index contributed by atoms with van der Waals surface area (Å²) in [6.07, 6.45) is -0.674. The summed E-state index contributed by atoms with van der Waals surface area (Å²) in [5, 5.41) is 13.1. The lowest BCUT2D eigenvalue weighted by molar-refractivity contribution is -0.130. The molecule has 0 aromatic heterocycles. The standard InChI is InChI=1S/C14H22N2O3/c1-10(14(18)16(2)3)15-9-13(17)11-6-5-7-12(8-11)19-4/h5-8,10,13,15,17H,9H2,1-4H3. The van der Waals surface area contributed by atoms with Crippen molar-refractivity contribution in [3.63, 3.8) is 0 Å². The normalized spacial score (nSPS) is 13.7. The molecule has 106 valence electrons. The number of nitrogens with zero attached hydrogens (tertiary/aromatic N) is 1. The number of hydrogen-bond donors (Lipinski definition) is 2. The van der Waals surface area contributed by atoms with Gasteiger partial charge in [0, 0.05) is 20.6 Å². The Hall–Kier alpha value is -1.59. The van der Waals surface area contributed by atoms with Crippen molar-refractivity contribution >= 4 is 5.91 Å². The zero-order valence-corrected chi connectivity index (χ0v) is 11.9. The van der Waals surface area contributed by atoms with Gasteiger partial charge >= 0.3 is 0 Å². The molecule has 1 aromatic carbocycles. The van der Waals surface area contributed by atoms with Crippen molar-refractivity contribution in [1.82, 2.24) is 10.2 Å². The van der Waals surface area contributed by atoms with Crippen molar-refractivity contribution in [3.8, 4) is 5.75 Å². The highest BCUT2D eigenvalue weighted by molar-refractivity contribution is 5.80. The molecule has 0 fully saturated rings. The Morgan fingerprint density at radius 3 is 2.74 bits per heavy atom. The minimum absolute atomic E-state index is 0.0159. The topological polar surface area (TPSA) is 61.8 Å². The highest BCUT2D eigenvalue weighted by Crippen LogP contribution is 2.18. The van der Waals surface area contributed by atoms with Crippen molar-refractivity contribution in [2.75, 3.05) is 27.7 Å². The molecule has 0 bridgehead atoms. The van der Waals surface area contributed by atoms with Crippen LogP contribution < -0.4 is 10.1 Å². The molecule has 1 rings (SSSR count). The SMILES string of the molecule is COc1cccc(C(O)CNC(C)C(=O)N(C)C)c1. The van der Waals surface area contributed by atoms with Crippen molar-refractivity contribution < 1.29 is 14.6 Å². The second-order valence-corrected chi connectivity index (χ2v) is 4.66. The van der Waals surface area contributed by atoms with Crippen LogP contribution in [-0.4, -0.2) is 49.7 Å². The van der Waals surface area contributed by atoms with E-state index in [4.69, 9.17) is 4.74 Å². The minimum Gasteiger partial charge on any atom is -0.497 e. The van der Waals surface area contributed by atoms with Gasteiger partial charge in [-0.1, -0.05) is 12.1 Å². The number of aliphatic hydroxyl groups is 1. The molecule has 0 spiro atoms. The van der Waals surface area contributed by atoms with Gasteiger partial charge in [0.2, 0.25) is 5.91 Å². The molecule has 1 amide bonds. The molecule has 0 aliphatic heterocycles. The van der Waals surface area contributed by atoms with Crippen molar-refractivity contribution in [2.45, 2.75) is 19.1 Å². The predicted octanol–water partition coefficient (Wildman–Crippen LogP) is 0.795. The number of aliphatic hydroxyl groups excluding tert-OH is 1. The number of benzene rings is 1. The number of nitrogens with one attached hydrogen (secondary N) is 1. The summed E-state index contributed by atoms with van der Waals surface area (Å²) < 4.78 is 5.11. The van der Waals surface area contributed by atoms with Gasteiger partial charge < -0.3 is 20.1 Å². The van der Waals surface area contributed by atoms with E-state index in [1.165, 1.54) is 4.90 Å². The number of carbonyl (C=O) groups excluding carboxylic acids is 1. The van der Waals surface area contributed by atoms with E-state index in [1.807, 2.05) is 18.2 Å². The minimum atomic E-state index is -0.674. The Kier molecular flexibility index (Phi) is 5.79. The van der Waals surface area contributed by atoms with Crippen LogP contribution in [0.15, 0.2) is 24.3 Å². The fourth-order valence-corrected chi connectivity index (χ4v) is 1.73. The van der Waals surface area contributed by atoms with Gasteiger partial charge in [0.15, 0.2) is 0 Å². The quantitative estimate of drug-likeness (QED) is 0.799. The summed E-state index contributed by atoms with van der Waals surface area (Å²) in [5.41, 5.74) is 0.761. The first-order chi connectivity index (χ1) is 8.95. The average molecular weight is 266 g/mol. The van der Waals surface area contributed by atoms with Crippen molar-refractivity contribution in [2.24, 2.45) is 0 Å². The second-order valence-electron chi connectivity index (χ2n) is 4.66. The average Bonchev–Trinajstić information content (AvgIpc) is 2.43. The summed E-state index contributed by atoms with van der Waals surface area (Å²) >= 11 is 0. The molecule has 0 heterocycles. The Balaban J connectivity index is 2.55. The van der Waals surface area contributed by atoms with Crippen LogP contribution in [0.4, 0.5) is 0 Å². The van der Waals surface area contributed by atoms with Gasteiger partial charge in [0.1, 0.15) is 5.75 Å². The summed E-state index contributed by atoms with van der Waals surface area (Å²) in [7, 11) is 5.00. The number of carbonyl (C=O) groups is 1. The maximum absolute atomic E-state index is 11.7. The summed E-state index contributed by atoms with van der Waals surface area (Å²) in [6, 6.07) is 6.93. The van der Waals surface area contributed by atoms with Crippen LogP contribution in [0.25, 0.3) is 0 Å². The fourth-order valence-electron chi connectivity index (χ4n) is 1.73. The largest absolute Gasteiger partial charge is 0.497 e. The van der Waals surface area contributed by atoms with Crippen LogP contribution in [0, 0.1) is 0 Å². The maximum Gasteiger partial charge on any atom is 0.238 e. The first-order valence-electron chi connectivity index (χ1n) is 6.22. The van der Waals surface area contributed by atoms with E-state index in [9.17, 15) is 9.90 Å². The molecule has 0 saturated carbocycles. The van der Waals surface area contributed by atoms with Gasteiger partial charge in [0.25, 0.3) is 0 Å². The summed E-state index contributed by atoms with van der Waals surface area (Å²) in [5.74, 6) is 0.687. The third-order valence-corrected chi connectivity index (χ3v) is 2.91. The number of methoxy groups -OCH3 is 1. The van der Waals surface area contributed by atoms with Crippen LogP contribution >= 0.6 is 0 Å². The molecule has 2 unspecified atom stereocenters. The lowest BCUT2D eigenvalue weighted by atomic mass is 10.1. The first kappa shape index (κ1) is 15.5. The van der Waals surface area contributed by atoms with Gasteiger partial charge in [0.05, 0.1) is 19.3 Å². The Morgan fingerprint density at radius 2 is 2.16 bits per heavy atom. The molecule has 5 nitrogen and oxygen atoms in total. The lowest BCUT2D eigenvalue weighted by Crippen LogP contribution is -2.42. The number of hydrogen-bond acceptors (Lipinski definition) is 4. The Morgan fingerprint density at radius 1 is 1.47 bits per heavy atom. The van der Waals surface area contributed by atoms with E-state index >= 15 is 0 Å². The number of ether oxygens (including phenoxy) is 1. The Bertz CT molecular complexity index is 421. The number of rotatable bonds is 6. The predicted molar refractivity (Wildman–Crippen MR) is 74.1 cm³/mol. The van der Waals surface area contributed by atoms with Gasteiger partial charge in [-0.3, -0.25) is 4.79 Å². The number of likely N-dealkylation sites (N-methyl/N-ethyl adjacent to an activating group) is 1. The van der Waals surface area contributed by atoms with Crippen molar-refractivity contribution in [1.29, 1.82) is 0 Å². The van der Waals surface area contributed by atoms with E-state index in [0.29, 0.717) is 12.3 Å². The molecule has 2 atom stereocenters. The molecule has 0 radical (unpaired) electrons. The molecule has 2 N–H and O–H groups in total. The van der Waals surface area contributed by atoms with Crippen LogP contribution in [-0.2, 0) is 4.79 Å². The zero-order valence-electron chi connectivity index (χ0n) is 11.9. The highest BCUT2D eigenvalue weighted by atomic mass is 16.5. The molecule has 19 heavy (non-hydrogen) atoms. The molecule has 5 heteroatoms. The van der Waals surface area contributed by atoms with Crippen LogP contribution in [0.2, 0.25) is 0 Å². The first-order valence-corrected chi connectivity index (χ1v) is 6.22. The van der Waals surface area contributed by atoms with Crippen LogP contribution in [0.1, 0.15) is 18.6 Å². The fraction of sp³-hybridized carbons (Fsp3) is 0.500. The number of amides is 1. The lowest BCUT2D eigenvalue weighted by Gasteiger charge is -2.20. The van der Waals surface area contributed by atoms with E-state index < -0.39 is 6.10 Å². The molecular weight excluding hydrogens is 244 g/mol. The van der Waals surface area contributed by atoms with Gasteiger partial charge in [-0.25, -0.2) is 0 Å². The van der Waals surface area contributed by atoms with E-state index in [1.54, 1.807) is 34.2 Å². The smallest absolute Gasteiger partial charge is 0.238 e. The third kappa shape index (κ3) is 4.54.